The molecule has 0 saturated heterocycles. The van der Waals surface area contributed by atoms with Crippen molar-refractivity contribution >= 4 is 0 Å². The Balaban J connectivity index is 2.10. The van der Waals surface area contributed by atoms with Gasteiger partial charge in [0.25, 0.3) is 0 Å². The van der Waals surface area contributed by atoms with Crippen LogP contribution >= 0.6 is 0 Å². The highest BCUT2D eigenvalue weighted by atomic mass is 16.5. The van der Waals surface area contributed by atoms with Gasteiger partial charge in [-0.05, 0) is 42.6 Å². The number of benzene rings is 1. The summed E-state index contributed by atoms with van der Waals surface area (Å²) in [6, 6.07) is 10.8. The summed E-state index contributed by atoms with van der Waals surface area (Å²) < 4.78 is 6.66. The van der Waals surface area contributed by atoms with Crippen LogP contribution in [0.2, 0.25) is 0 Å². The van der Waals surface area contributed by atoms with E-state index in [9.17, 15) is 0 Å². The van der Waals surface area contributed by atoms with Crippen LogP contribution in [-0.2, 0) is 4.74 Å². The number of ether oxygens (including phenoxy) is 1. The molecule has 1 aliphatic carbocycles. The molecule has 1 fully saturated rings. The maximum Gasteiger partial charge on any atom is 0.0828 e. The summed E-state index contributed by atoms with van der Waals surface area (Å²) in [7, 11) is 0. The Morgan fingerprint density at radius 2 is 1.86 bits per heavy atom. The van der Waals surface area contributed by atoms with Gasteiger partial charge >= 0.3 is 0 Å². The summed E-state index contributed by atoms with van der Waals surface area (Å²) in [5.74, 6) is 2.26. The number of rotatable bonds is 6. The third-order valence-corrected chi connectivity index (χ3v) is 5.02. The molecule has 118 valence electrons. The Morgan fingerprint density at radius 1 is 1.14 bits per heavy atom. The van der Waals surface area contributed by atoms with Crippen LogP contribution in [-0.4, -0.2) is 6.10 Å². The molecule has 21 heavy (non-hydrogen) atoms. The van der Waals surface area contributed by atoms with E-state index in [4.69, 9.17) is 4.74 Å². The molecule has 0 amide bonds. The van der Waals surface area contributed by atoms with E-state index < -0.39 is 0 Å². The maximum atomic E-state index is 6.66. The van der Waals surface area contributed by atoms with Gasteiger partial charge in [-0.2, -0.15) is 0 Å². The van der Waals surface area contributed by atoms with Gasteiger partial charge in [0, 0.05) is 0 Å². The summed E-state index contributed by atoms with van der Waals surface area (Å²) in [4.78, 5) is 0. The monoisotopic (exact) mass is 288 g/mol. The first kappa shape index (κ1) is 16.5. The predicted molar refractivity (Wildman–Crippen MR) is 90.3 cm³/mol. The molecule has 1 nitrogen and oxygen atoms in total. The molecule has 0 spiro atoms. The Morgan fingerprint density at radius 3 is 2.48 bits per heavy atom. The van der Waals surface area contributed by atoms with Crippen LogP contribution in [0.15, 0.2) is 30.3 Å². The summed E-state index contributed by atoms with van der Waals surface area (Å²) >= 11 is 0. The van der Waals surface area contributed by atoms with Crippen LogP contribution in [0.5, 0.6) is 0 Å². The fraction of sp³-hybridized carbons (Fsp3) is 0.700. The van der Waals surface area contributed by atoms with E-state index in [2.05, 4.69) is 58.0 Å². The molecule has 1 aliphatic rings. The molecule has 0 N–H and O–H groups in total. The second-order valence-electron chi connectivity index (χ2n) is 7.19. The molecule has 1 aromatic rings. The first-order chi connectivity index (χ1) is 10.1. The van der Waals surface area contributed by atoms with Crippen LogP contribution < -0.4 is 0 Å². The van der Waals surface area contributed by atoms with Gasteiger partial charge in [-0.1, -0.05) is 70.9 Å². The maximum absolute atomic E-state index is 6.66. The summed E-state index contributed by atoms with van der Waals surface area (Å²) in [5.41, 5.74) is 1.35. The Bertz CT molecular complexity index is 398. The van der Waals surface area contributed by atoms with E-state index in [1.807, 2.05) is 0 Å². The van der Waals surface area contributed by atoms with Crippen LogP contribution in [0.25, 0.3) is 0 Å². The molecule has 2 rings (SSSR count). The molecular formula is C20H32O. The van der Waals surface area contributed by atoms with Gasteiger partial charge in [-0.3, -0.25) is 0 Å². The molecular weight excluding hydrogens is 256 g/mol. The van der Waals surface area contributed by atoms with Gasteiger partial charge in [0.2, 0.25) is 0 Å². The van der Waals surface area contributed by atoms with Crippen LogP contribution in [0.1, 0.15) is 71.5 Å². The van der Waals surface area contributed by atoms with E-state index in [0.29, 0.717) is 6.10 Å². The van der Waals surface area contributed by atoms with Crippen molar-refractivity contribution in [1.29, 1.82) is 0 Å². The van der Waals surface area contributed by atoms with Crippen molar-refractivity contribution in [3.05, 3.63) is 35.9 Å². The molecule has 1 unspecified atom stereocenters. The zero-order chi connectivity index (χ0) is 15.2. The van der Waals surface area contributed by atoms with E-state index >= 15 is 0 Å². The second kappa shape index (κ2) is 7.98. The molecule has 0 bridgehead atoms. The average Bonchev–Trinajstić information content (AvgIpc) is 2.47. The minimum Gasteiger partial charge on any atom is -0.370 e. The van der Waals surface area contributed by atoms with Gasteiger partial charge in [0.1, 0.15) is 0 Å². The van der Waals surface area contributed by atoms with E-state index in [1.165, 1.54) is 31.2 Å². The summed E-state index contributed by atoms with van der Waals surface area (Å²) in [6.45, 7) is 9.34. The molecule has 0 heterocycles. The lowest BCUT2D eigenvalue weighted by atomic mass is 9.75. The molecule has 1 saturated carbocycles. The lowest BCUT2D eigenvalue weighted by molar-refractivity contribution is -0.0848. The fourth-order valence-corrected chi connectivity index (χ4v) is 3.73. The standard InChI is InChI=1S/C20H32O/c1-5-9-19(17-10-7-6-8-11-17)21-20-14-16(4)12-13-18(20)15(2)3/h6-8,10-11,15-16,18-20H,5,9,12-14H2,1-4H3/t16-,18+,19?,20-/m1/s1. The van der Waals surface area contributed by atoms with Crippen molar-refractivity contribution in [2.75, 3.05) is 0 Å². The van der Waals surface area contributed by atoms with Gasteiger partial charge in [0.05, 0.1) is 12.2 Å². The van der Waals surface area contributed by atoms with E-state index in [-0.39, 0.29) is 6.10 Å². The van der Waals surface area contributed by atoms with Gasteiger partial charge in [-0.15, -0.1) is 0 Å². The minimum absolute atomic E-state index is 0.271. The quantitative estimate of drug-likeness (QED) is 0.623. The Hall–Kier alpha value is -0.820. The predicted octanol–water partition coefficient (Wildman–Crippen LogP) is 6.01. The molecule has 1 heteroatoms. The van der Waals surface area contributed by atoms with Crippen molar-refractivity contribution in [2.24, 2.45) is 17.8 Å². The molecule has 1 aromatic carbocycles. The third kappa shape index (κ3) is 4.57. The molecule has 0 aliphatic heterocycles. The van der Waals surface area contributed by atoms with Crippen LogP contribution in [0.3, 0.4) is 0 Å². The highest BCUT2D eigenvalue weighted by Crippen LogP contribution is 2.38. The molecule has 0 radical (unpaired) electrons. The average molecular weight is 288 g/mol. The zero-order valence-corrected chi connectivity index (χ0v) is 14.2. The van der Waals surface area contributed by atoms with Crippen LogP contribution in [0, 0.1) is 17.8 Å². The zero-order valence-electron chi connectivity index (χ0n) is 14.2. The topological polar surface area (TPSA) is 9.23 Å². The Labute approximate surface area is 131 Å². The number of hydrogen-bond acceptors (Lipinski definition) is 1. The highest BCUT2D eigenvalue weighted by Gasteiger charge is 2.33. The summed E-state index contributed by atoms with van der Waals surface area (Å²) in [6.07, 6.45) is 6.94. The van der Waals surface area contributed by atoms with E-state index in [0.717, 1.165) is 24.2 Å². The first-order valence-corrected chi connectivity index (χ1v) is 8.82. The molecule has 4 atom stereocenters. The smallest absolute Gasteiger partial charge is 0.0828 e. The lowest BCUT2D eigenvalue weighted by Crippen LogP contribution is -2.35. The SMILES string of the molecule is CCCC(O[C@@H]1C[C@H](C)CC[C@H]1C(C)C)c1ccccc1. The normalized spacial score (nSPS) is 27.8. The second-order valence-corrected chi connectivity index (χ2v) is 7.19. The summed E-state index contributed by atoms with van der Waals surface area (Å²) in [5, 5.41) is 0. The third-order valence-electron chi connectivity index (χ3n) is 5.02. The van der Waals surface area contributed by atoms with Crippen molar-refractivity contribution in [1.82, 2.24) is 0 Å². The minimum atomic E-state index is 0.271. The lowest BCUT2D eigenvalue weighted by Gasteiger charge is -2.39. The first-order valence-electron chi connectivity index (χ1n) is 8.82. The van der Waals surface area contributed by atoms with Crippen molar-refractivity contribution in [3.63, 3.8) is 0 Å². The Kier molecular flexibility index (Phi) is 6.29. The van der Waals surface area contributed by atoms with Gasteiger partial charge in [-0.25, -0.2) is 0 Å². The van der Waals surface area contributed by atoms with Crippen LogP contribution in [0.4, 0.5) is 0 Å². The van der Waals surface area contributed by atoms with Crippen molar-refractivity contribution in [3.8, 4) is 0 Å². The van der Waals surface area contributed by atoms with Crippen molar-refractivity contribution in [2.45, 2.75) is 72.0 Å². The van der Waals surface area contributed by atoms with Crippen molar-refractivity contribution < 1.29 is 4.74 Å². The fourth-order valence-electron chi connectivity index (χ4n) is 3.73. The highest BCUT2D eigenvalue weighted by molar-refractivity contribution is 5.17. The molecule has 0 aromatic heterocycles. The number of hydrogen-bond donors (Lipinski definition) is 0. The largest absolute Gasteiger partial charge is 0.370 e. The van der Waals surface area contributed by atoms with Gasteiger partial charge in [0.15, 0.2) is 0 Å². The van der Waals surface area contributed by atoms with E-state index in [1.54, 1.807) is 0 Å². The van der Waals surface area contributed by atoms with Gasteiger partial charge < -0.3 is 4.74 Å².